The average molecular weight is 399 g/mol. The van der Waals surface area contributed by atoms with Crippen molar-refractivity contribution in [2.45, 2.75) is 57.4 Å². The number of hydrogen-bond donors (Lipinski definition) is 1. The highest BCUT2D eigenvalue weighted by Gasteiger charge is 2.46. The van der Waals surface area contributed by atoms with Crippen molar-refractivity contribution in [3.63, 3.8) is 0 Å². The minimum Gasteiger partial charge on any atom is -0.353 e. The molecule has 1 aliphatic heterocycles. The van der Waals surface area contributed by atoms with Gasteiger partial charge in [-0.25, -0.2) is 4.39 Å². The monoisotopic (exact) mass is 398 g/mol. The van der Waals surface area contributed by atoms with E-state index in [1.807, 2.05) is 0 Å². The molecule has 5 atom stereocenters. The van der Waals surface area contributed by atoms with E-state index in [1.165, 1.54) is 56.4 Å². The zero-order valence-electron chi connectivity index (χ0n) is 17.0. The van der Waals surface area contributed by atoms with Crippen LogP contribution >= 0.6 is 0 Å². The van der Waals surface area contributed by atoms with Crippen molar-refractivity contribution in [3.05, 3.63) is 35.6 Å². The fraction of sp³-hybridized carbons (Fsp3) is 0.667. The zero-order valence-corrected chi connectivity index (χ0v) is 17.0. The molecule has 2 amide bonds. The maximum Gasteiger partial charge on any atom is 0.253 e. The Morgan fingerprint density at radius 3 is 2.31 bits per heavy atom. The molecular formula is C24H31FN2O2. The number of nitrogens with one attached hydrogen (secondary N) is 1. The molecule has 4 fully saturated rings. The lowest BCUT2D eigenvalue weighted by atomic mass is 9.77. The van der Waals surface area contributed by atoms with Crippen molar-refractivity contribution in [1.82, 2.24) is 10.2 Å². The summed E-state index contributed by atoms with van der Waals surface area (Å²) in [6, 6.07) is 6.06. The standard InChI is InChI=1S/C24H31FN2O2/c25-21-4-1-17(2-5-21)24(29)27-9-7-16(8-10-27)23(28)26-22-6-3-18-11-15-12-19(18)14-20(22)13-15/h1-2,4-5,15-16,18-20,22H,3,6-14H2,(H,26,28). The quantitative estimate of drug-likeness (QED) is 0.836. The highest BCUT2D eigenvalue weighted by molar-refractivity contribution is 5.94. The number of carbonyl (C=O) groups excluding carboxylic acids is 2. The molecule has 4 nitrogen and oxygen atoms in total. The number of fused-ring (bicyclic) bond motifs is 2. The van der Waals surface area contributed by atoms with E-state index in [0.29, 0.717) is 43.5 Å². The molecule has 29 heavy (non-hydrogen) atoms. The van der Waals surface area contributed by atoms with E-state index in [4.69, 9.17) is 0 Å². The second kappa shape index (κ2) is 7.73. The smallest absolute Gasteiger partial charge is 0.253 e. The number of likely N-dealkylation sites (tertiary alicyclic amines) is 1. The van der Waals surface area contributed by atoms with Gasteiger partial charge in [0.1, 0.15) is 5.82 Å². The highest BCUT2D eigenvalue weighted by Crippen LogP contribution is 2.53. The molecule has 3 aliphatic carbocycles. The first-order chi connectivity index (χ1) is 14.1. The number of halogens is 1. The maximum atomic E-state index is 13.1. The Morgan fingerprint density at radius 2 is 1.55 bits per heavy atom. The van der Waals surface area contributed by atoms with Crippen molar-refractivity contribution in [2.24, 2.45) is 29.6 Å². The molecule has 0 spiro atoms. The number of hydrogen-bond acceptors (Lipinski definition) is 2. The molecule has 156 valence electrons. The summed E-state index contributed by atoms with van der Waals surface area (Å²) < 4.78 is 13.1. The van der Waals surface area contributed by atoms with E-state index >= 15 is 0 Å². The van der Waals surface area contributed by atoms with Crippen LogP contribution in [0, 0.1) is 35.4 Å². The van der Waals surface area contributed by atoms with Crippen LogP contribution in [0.1, 0.15) is 61.7 Å². The van der Waals surface area contributed by atoms with Gasteiger partial charge in [-0.05, 0) is 99.3 Å². The van der Waals surface area contributed by atoms with Gasteiger partial charge < -0.3 is 10.2 Å². The van der Waals surface area contributed by atoms with Crippen LogP contribution in [0.3, 0.4) is 0 Å². The minimum atomic E-state index is -0.336. The summed E-state index contributed by atoms with van der Waals surface area (Å²) in [4.78, 5) is 27.4. The Balaban J connectivity index is 1.14. The third-order valence-corrected chi connectivity index (χ3v) is 8.17. The van der Waals surface area contributed by atoms with Crippen LogP contribution in [0.15, 0.2) is 24.3 Å². The first-order valence-electron chi connectivity index (χ1n) is 11.4. The molecule has 0 aromatic heterocycles. The predicted octanol–water partition coefficient (Wildman–Crippen LogP) is 4.01. The second-order valence-corrected chi connectivity index (χ2v) is 9.85. The zero-order chi connectivity index (χ0) is 20.0. The van der Waals surface area contributed by atoms with Crippen molar-refractivity contribution >= 4 is 11.8 Å². The lowest BCUT2D eigenvalue weighted by Crippen LogP contribution is -2.47. The summed E-state index contributed by atoms with van der Waals surface area (Å²) >= 11 is 0. The molecule has 1 saturated heterocycles. The largest absolute Gasteiger partial charge is 0.353 e. The first kappa shape index (κ1) is 19.1. The molecule has 5 unspecified atom stereocenters. The van der Waals surface area contributed by atoms with E-state index in [2.05, 4.69) is 5.32 Å². The molecule has 4 aliphatic rings. The van der Waals surface area contributed by atoms with Crippen molar-refractivity contribution < 1.29 is 14.0 Å². The normalized spacial score (nSPS) is 34.1. The Hall–Kier alpha value is -1.91. The molecule has 0 radical (unpaired) electrons. The van der Waals surface area contributed by atoms with Crippen LogP contribution in [-0.4, -0.2) is 35.8 Å². The summed E-state index contributed by atoms with van der Waals surface area (Å²) in [5.41, 5.74) is 0.512. The van der Waals surface area contributed by atoms with Gasteiger partial charge in [0.25, 0.3) is 5.91 Å². The molecule has 5 rings (SSSR count). The fourth-order valence-corrected chi connectivity index (χ4v) is 6.65. The highest BCUT2D eigenvalue weighted by atomic mass is 19.1. The minimum absolute atomic E-state index is 0.00411. The van der Waals surface area contributed by atoms with Crippen molar-refractivity contribution in [2.75, 3.05) is 13.1 Å². The van der Waals surface area contributed by atoms with Gasteiger partial charge in [-0.15, -0.1) is 0 Å². The first-order valence-corrected chi connectivity index (χ1v) is 11.4. The molecule has 1 aromatic carbocycles. The summed E-state index contributed by atoms with van der Waals surface area (Å²) in [5, 5.41) is 3.42. The maximum absolute atomic E-state index is 13.1. The van der Waals surface area contributed by atoms with Crippen LogP contribution in [-0.2, 0) is 4.79 Å². The van der Waals surface area contributed by atoms with Crippen LogP contribution in [0.25, 0.3) is 0 Å². The van der Waals surface area contributed by atoms with E-state index < -0.39 is 0 Å². The van der Waals surface area contributed by atoms with Crippen LogP contribution in [0.4, 0.5) is 4.39 Å². The summed E-state index contributed by atoms with van der Waals surface area (Å²) in [5.74, 6) is 3.21. The van der Waals surface area contributed by atoms with Gasteiger partial charge >= 0.3 is 0 Å². The second-order valence-electron chi connectivity index (χ2n) is 9.85. The van der Waals surface area contributed by atoms with Gasteiger partial charge in [0.2, 0.25) is 5.91 Å². The third kappa shape index (κ3) is 3.80. The molecule has 1 aromatic rings. The van der Waals surface area contributed by atoms with Gasteiger partial charge in [0.15, 0.2) is 0 Å². The Kier molecular flexibility index (Phi) is 5.09. The molecule has 1 heterocycles. The molecule has 3 bridgehead atoms. The Labute approximate surface area is 172 Å². The topological polar surface area (TPSA) is 49.4 Å². The average Bonchev–Trinajstić information content (AvgIpc) is 2.97. The van der Waals surface area contributed by atoms with Gasteiger partial charge in [-0.3, -0.25) is 9.59 Å². The van der Waals surface area contributed by atoms with E-state index in [-0.39, 0.29) is 23.5 Å². The number of rotatable bonds is 3. The number of nitrogens with zero attached hydrogens (tertiary/aromatic N) is 1. The van der Waals surface area contributed by atoms with Crippen LogP contribution in [0.2, 0.25) is 0 Å². The van der Waals surface area contributed by atoms with Gasteiger partial charge in [0.05, 0.1) is 0 Å². The Morgan fingerprint density at radius 1 is 0.862 bits per heavy atom. The molecule has 5 heteroatoms. The lowest BCUT2D eigenvalue weighted by Gasteiger charge is -2.35. The summed E-state index contributed by atoms with van der Waals surface area (Å²) in [6.07, 6.45) is 9.34. The van der Waals surface area contributed by atoms with Crippen LogP contribution < -0.4 is 5.32 Å². The van der Waals surface area contributed by atoms with Crippen LogP contribution in [0.5, 0.6) is 0 Å². The number of piperidine rings is 1. The third-order valence-electron chi connectivity index (χ3n) is 8.17. The van der Waals surface area contributed by atoms with Gasteiger partial charge in [-0.1, -0.05) is 0 Å². The summed E-state index contributed by atoms with van der Waals surface area (Å²) in [6.45, 7) is 1.18. The number of benzene rings is 1. The van der Waals surface area contributed by atoms with E-state index in [9.17, 15) is 14.0 Å². The SMILES string of the molecule is O=C(NC1CCC2CC3CC2CC1C3)C1CCN(C(=O)c2ccc(F)cc2)CC1. The lowest BCUT2D eigenvalue weighted by molar-refractivity contribution is -0.127. The van der Waals surface area contributed by atoms with Crippen molar-refractivity contribution in [1.29, 1.82) is 0 Å². The number of carbonyl (C=O) groups is 2. The molecule has 3 saturated carbocycles. The van der Waals surface area contributed by atoms with Gasteiger partial charge in [0, 0.05) is 30.6 Å². The molecular weight excluding hydrogens is 367 g/mol. The van der Waals surface area contributed by atoms with E-state index in [0.717, 1.165) is 24.2 Å². The molecule has 1 N–H and O–H groups in total. The summed E-state index contributed by atoms with van der Waals surface area (Å²) in [7, 11) is 0. The number of amides is 2. The van der Waals surface area contributed by atoms with E-state index in [1.54, 1.807) is 4.90 Å². The predicted molar refractivity (Wildman–Crippen MR) is 109 cm³/mol. The Bertz CT molecular complexity index is 772. The fourth-order valence-electron chi connectivity index (χ4n) is 6.65. The van der Waals surface area contributed by atoms with Gasteiger partial charge in [-0.2, -0.15) is 0 Å². The van der Waals surface area contributed by atoms with Crippen molar-refractivity contribution in [3.8, 4) is 0 Å².